The molecule has 28 heavy (non-hydrogen) atoms. The van der Waals surface area contributed by atoms with Crippen molar-refractivity contribution in [3.8, 4) is 22.3 Å². The van der Waals surface area contributed by atoms with E-state index in [-0.39, 0.29) is 10.5 Å². The fourth-order valence-corrected chi connectivity index (χ4v) is 4.66. The predicted octanol–water partition coefficient (Wildman–Crippen LogP) is 4.04. The molecule has 2 aromatic carbocycles. The molecule has 0 N–H and O–H groups in total. The van der Waals surface area contributed by atoms with Crippen LogP contribution < -0.4 is 5.56 Å². The zero-order valence-corrected chi connectivity index (χ0v) is 17.7. The van der Waals surface area contributed by atoms with Crippen molar-refractivity contribution in [3.05, 3.63) is 69.1 Å². The van der Waals surface area contributed by atoms with Gasteiger partial charge in [0.05, 0.1) is 11.3 Å². The quantitative estimate of drug-likeness (QED) is 0.643. The van der Waals surface area contributed by atoms with E-state index >= 15 is 0 Å². The highest BCUT2D eigenvalue weighted by molar-refractivity contribution is 7.90. The number of benzene rings is 2. The van der Waals surface area contributed by atoms with E-state index in [2.05, 4.69) is 5.10 Å². The summed E-state index contributed by atoms with van der Waals surface area (Å²) in [5, 5.41) is 4.71. The average Bonchev–Trinajstić information content (AvgIpc) is 2.63. The summed E-state index contributed by atoms with van der Waals surface area (Å²) in [6.45, 7) is 3.58. The summed E-state index contributed by atoms with van der Waals surface area (Å²) < 4.78 is 26.2. The summed E-state index contributed by atoms with van der Waals surface area (Å²) in [6.07, 6.45) is 1.76. The van der Waals surface area contributed by atoms with Crippen LogP contribution in [0.25, 0.3) is 22.3 Å². The van der Waals surface area contributed by atoms with Crippen LogP contribution in [0.15, 0.2) is 52.2 Å². The highest BCUT2D eigenvalue weighted by Crippen LogP contribution is 2.33. The van der Waals surface area contributed by atoms with Crippen LogP contribution in [0.5, 0.6) is 0 Å². The zero-order valence-electron chi connectivity index (χ0n) is 16.2. The topological polar surface area (TPSA) is 69.0 Å². The van der Waals surface area contributed by atoms with Gasteiger partial charge < -0.3 is 0 Å². The maximum Gasteiger partial charge on any atom is 0.275 e. The number of aromatic nitrogens is 2. The first-order valence-corrected chi connectivity index (χ1v) is 11.1. The average molecular weight is 417 g/mol. The summed E-state index contributed by atoms with van der Waals surface area (Å²) in [6, 6.07) is 13.1. The van der Waals surface area contributed by atoms with Crippen molar-refractivity contribution >= 4 is 21.4 Å². The number of halogens is 1. The molecular formula is C21H21ClN2O3S. The highest BCUT2D eigenvalue weighted by atomic mass is 35.5. The van der Waals surface area contributed by atoms with E-state index in [1.54, 1.807) is 19.1 Å². The first-order chi connectivity index (χ1) is 13.1. The van der Waals surface area contributed by atoms with Crippen LogP contribution in [0, 0.1) is 6.92 Å². The second kappa shape index (κ2) is 7.53. The normalized spacial score (nSPS) is 11.6. The van der Waals surface area contributed by atoms with E-state index in [0.29, 0.717) is 22.7 Å². The van der Waals surface area contributed by atoms with Gasteiger partial charge in [0, 0.05) is 18.3 Å². The van der Waals surface area contributed by atoms with Crippen molar-refractivity contribution < 1.29 is 8.42 Å². The summed E-state index contributed by atoms with van der Waals surface area (Å²) in [5.74, 6) is 0. The van der Waals surface area contributed by atoms with Gasteiger partial charge in [-0.1, -0.05) is 42.8 Å². The molecule has 7 heteroatoms. The van der Waals surface area contributed by atoms with Crippen molar-refractivity contribution in [3.63, 3.8) is 0 Å². The Morgan fingerprint density at radius 3 is 2.25 bits per heavy atom. The van der Waals surface area contributed by atoms with E-state index in [1.165, 1.54) is 11.7 Å². The van der Waals surface area contributed by atoms with Crippen molar-refractivity contribution in [2.45, 2.75) is 25.2 Å². The molecule has 3 aromatic rings. The van der Waals surface area contributed by atoms with Crippen LogP contribution in [-0.2, 0) is 23.3 Å². The highest BCUT2D eigenvalue weighted by Gasteiger charge is 2.25. The lowest BCUT2D eigenvalue weighted by atomic mass is 9.94. The van der Waals surface area contributed by atoms with Gasteiger partial charge in [-0.2, -0.15) is 5.10 Å². The van der Waals surface area contributed by atoms with Crippen molar-refractivity contribution in [1.29, 1.82) is 0 Å². The van der Waals surface area contributed by atoms with E-state index < -0.39 is 15.4 Å². The van der Waals surface area contributed by atoms with E-state index in [9.17, 15) is 13.2 Å². The minimum Gasteiger partial charge on any atom is -0.267 e. The minimum absolute atomic E-state index is 0.0152. The van der Waals surface area contributed by atoms with E-state index in [0.717, 1.165) is 22.9 Å². The number of aryl methyl sites for hydroxylation is 3. The summed E-state index contributed by atoms with van der Waals surface area (Å²) in [4.78, 5) is 13.0. The predicted molar refractivity (Wildman–Crippen MR) is 113 cm³/mol. The van der Waals surface area contributed by atoms with Crippen LogP contribution in [0.1, 0.15) is 18.2 Å². The molecule has 0 radical (unpaired) electrons. The Morgan fingerprint density at radius 2 is 1.68 bits per heavy atom. The van der Waals surface area contributed by atoms with Gasteiger partial charge in [0.15, 0.2) is 9.84 Å². The second-order valence-electron chi connectivity index (χ2n) is 6.72. The van der Waals surface area contributed by atoms with Crippen molar-refractivity contribution in [2.24, 2.45) is 7.05 Å². The van der Waals surface area contributed by atoms with Gasteiger partial charge in [0.25, 0.3) is 5.56 Å². The fraction of sp³-hybridized carbons (Fsp3) is 0.238. The molecule has 0 unspecified atom stereocenters. The Kier molecular flexibility index (Phi) is 5.46. The van der Waals surface area contributed by atoms with Gasteiger partial charge in [0.2, 0.25) is 0 Å². The molecule has 0 saturated carbocycles. The number of rotatable bonds is 4. The number of hydrogen-bond acceptors (Lipinski definition) is 4. The van der Waals surface area contributed by atoms with Crippen LogP contribution in [0.3, 0.4) is 0 Å². The fourth-order valence-electron chi connectivity index (χ4n) is 3.39. The molecule has 1 heterocycles. The maximum atomic E-state index is 13.0. The molecule has 3 rings (SSSR count). The summed E-state index contributed by atoms with van der Waals surface area (Å²) in [7, 11) is -2.13. The standard InChI is InChI=1S/C21H21ClN2O3S/c1-5-14-6-7-16(15-8-10-17(22)11-9-15)12-18(14)19-20(28(4,26)27)13(2)23-24(3)21(19)25/h6-12H,5H2,1-4H3. The number of nitrogens with zero attached hydrogens (tertiary/aromatic N) is 2. The maximum absolute atomic E-state index is 13.0. The number of sulfone groups is 1. The van der Waals surface area contributed by atoms with Gasteiger partial charge in [-0.05, 0) is 53.8 Å². The van der Waals surface area contributed by atoms with Crippen molar-refractivity contribution in [1.82, 2.24) is 9.78 Å². The lowest BCUT2D eigenvalue weighted by molar-refractivity contribution is 0.596. The van der Waals surface area contributed by atoms with E-state index in [1.807, 2.05) is 37.3 Å². The molecule has 0 atom stereocenters. The minimum atomic E-state index is -3.65. The Morgan fingerprint density at radius 1 is 1.07 bits per heavy atom. The smallest absolute Gasteiger partial charge is 0.267 e. The largest absolute Gasteiger partial charge is 0.275 e. The molecule has 0 spiro atoms. The monoisotopic (exact) mass is 416 g/mol. The first kappa shape index (κ1) is 20.3. The Bertz CT molecular complexity index is 1210. The SMILES string of the molecule is CCc1ccc(-c2ccc(Cl)cc2)cc1-c1c(S(C)(=O)=O)c(C)nn(C)c1=O. The van der Waals surface area contributed by atoms with Crippen LogP contribution >= 0.6 is 11.6 Å². The molecule has 5 nitrogen and oxygen atoms in total. The molecule has 0 aliphatic carbocycles. The van der Waals surface area contributed by atoms with Gasteiger partial charge in [0.1, 0.15) is 4.90 Å². The lowest BCUT2D eigenvalue weighted by Crippen LogP contribution is -2.26. The first-order valence-electron chi connectivity index (χ1n) is 8.80. The third-order valence-electron chi connectivity index (χ3n) is 4.67. The lowest BCUT2D eigenvalue weighted by Gasteiger charge is -2.16. The third-order valence-corrected chi connectivity index (χ3v) is 6.16. The Balaban J connectivity index is 2.40. The van der Waals surface area contributed by atoms with Crippen molar-refractivity contribution in [2.75, 3.05) is 6.26 Å². The molecule has 0 aliphatic heterocycles. The third kappa shape index (κ3) is 3.75. The van der Waals surface area contributed by atoms with Gasteiger partial charge in [-0.15, -0.1) is 0 Å². The molecule has 146 valence electrons. The molecular weight excluding hydrogens is 396 g/mol. The number of hydrogen-bond donors (Lipinski definition) is 0. The Hall–Kier alpha value is -2.44. The molecule has 0 saturated heterocycles. The van der Waals surface area contributed by atoms with Gasteiger partial charge >= 0.3 is 0 Å². The summed E-state index contributed by atoms with van der Waals surface area (Å²) in [5.41, 5.74) is 3.35. The van der Waals surface area contributed by atoms with Gasteiger partial charge in [-0.25, -0.2) is 13.1 Å². The summed E-state index contributed by atoms with van der Waals surface area (Å²) >= 11 is 5.98. The Labute approximate surface area is 169 Å². The van der Waals surface area contributed by atoms with Crippen LogP contribution in [0.4, 0.5) is 0 Å². The second-order valence-corrected chi connectivity index (χ2v) is 9.11. The van der Waals surface area contributed by atoms with Crippen LogP contribution in [-0.4, -0.2) is 24.5 Å². The van der Waals surface area contributed by atoms with E-state index in [4.69, 9.17) is 11.6 Å². The zero-order chi connectivity index (χ0) is 20.6. The molecule has 0 amide bonds. The molecule has 1 aromatic heterocycles. The van der Waals surface area contributed by atoms with Crippen LogP contribution in [0.2, 0.25) is 5.02 Å². The molecule has 0 aliphatic rings. The molecule has 0 bridgehead atoms. The molecule has 0 fully saturated rings. The van der Waals surface area contributed by atoms with Gasteiger partial charge in [-0.3, -0.25) is 4.79 Å².